The second-order valence-corrected chi connectivity index (χ2v) is 4.37. The third kappa shape index (κ3) is 3.73. The summed E-state index contributed by atoms with van der Waals surface area (Å²) in [5.41, 5.74) is 0.768. The van der Waals surface area contributed by atoms with E-state index in [1.165, 1.54) is 24.3 Å². The van der Waals surface area contributed by atoms with Gasteiger partial charge in [0.05, 0.1) is 21.8 Å². The molecule has 0 N–H and O–H groups in total. The molecule has 0 aliphatic heterocycles. The van der Waals surface area contributed by atoms with Crippen LogP contribution in [0.4, 0.5) is 5.69 Å². The van der Waals surface area contributed by atoms with Crippen molar-refractivity contribution in [3.8, 4) is 0 Å². The summed E-state index contributed by atoms with van der Waals surface area (Å²) >= 11 is 0. The molecule has 0 aliphatic rings. The Morgan fingerprint density at radius 2 is 1.57 bits per heavy atom. The number of nitro groups is 2. The number of benzene rings is 2. The molecule has 0 aliphatic carbocycles. The molecule has 0 heterocycles. The van der Waals surface area contributed by atoms with Crippen LogP contribution in [0.5, 0.6) is 0 Å². The topological polar surface area (TPSA) is 86.3 Å². The van der Waals surface area contributed by atoms with Gasteiger partial charge < -0.3 is 0 Å². The normalized spacial score (nSPS) is 11.1. The van der Waals surface area contributed by atoms with Gasteiger partial charge in [0.15, 0.2) is 0 Å². The van der Waals surface area contributed by atoms with Crippen LogP contribution in [-0.4, -0.2) is 9.85 Å². The van der Waals surface area contributed by atoms with Crippen LogP contribution in [0.3, 0.4) is 0 Å². The molecule has 2 aromatic carbocycles. The molecular weight excluding hydrogens is 272 g/mol. The van der Waals surface area contributed by atoms with E-state index >= 15 is 0 Å². The zero-order valence-corrected chi connectivity index (χ0v) is 11.0. The van der Waals surface area contributed by atoms with Crippen molar-refractivity contribution in [3.63, 3.8) is 0 Å². The van der Waals surface area contributed by atoms with Crippen molar-refractivity contribution in [1.82, 2.24) is 0 Å². The molecule has 0 bridgehead atoms. The molecule has 0 amide bonds. The van der Waals surface area contributed by atoms with Crippen LogP contribution in [0.1, 0.15) is 11.1 Å². The summed E-state index contributed by atoms with van der Waals surface area (Å²) in [7, 11) is 0. The highest BCUT2D eigenvalue weighted by atomic mass is 16.6. The first-order valence-electron chi connectivity index (χ1n) is 6.20. The minimum Gasteiger partial charge on any atom is -0.259 e. The molecular formula is C15H12N2O4. The van der Waals surface area contributed by atoms with Gasteiger partial charge in [0.1, 0.15) is 0 Å². The lowest BCUT2D eigenvalue weighted by atomic mass is 10.1. The summed E-state index contributed by atoms with van der Waals surface area (Å²) in [6, 6.07) is 14.9. The highest BCUT2D eigenvalue weighted by molar-refractivity contribution is 5.62. The Morgan fingerprint density at radius 3 is 2.19 bits per heavy atom. The summed E-state index contributed by atoms with van der Waals surface area (Å²) in [6.07, 6.45) is 1.37. The van der Waals surface area contributed by atoms with E-state index in [0.717, 1.165) is 5.56 Å². The Hall–Kier alpha value is -3.02. The number of hydrogen-bond acceptors (Lipinski definition) is 4. The number of allylic oxidation sites excluding steroid dienone is 1. The molecule has 106 valence electrons. The Balaban J connectivity index is 2.39. The summed E-state index contributed by atoms with van der Waals surface area (Å²) in [6.45, 7) is 0. The maximum Gasteiger partial charge on any atom is 0.276 e. The fraction of sp³-hybridized carbons (Fsp3) is 0.0667. The number of hydrogen-bond donors (Lipinski definition) is 0. The van der Waals surface area contributed by atoms with E-state index < -0.39 is 9.85 Å². The van der Waals surface area contributed by atoms with Gasteiger partial charge in [-0.1, -0.05) is 42.5 Å². The summed E-state index contributed by atoms with van der Waals surface area (Å²) in [4.78, 5) is 21.0. The fourth-order valence-corrected chi connectivity index (χ4v) is 1.93. The van der Waals surface area contributed by atoms with Crippen LogP contribution in [0, 0.1) is 20.2 Å². The van der Waals surface area contributed by atoms with Gasteiger partial charge >= 0.3 is 0 Å². The molecule has 0 saturated heterocycles. The standard InChI is InChI=1S/C15H12N2O4/c18-16(19)14(10-12-6-2-1-3-7-12)11-13-8-4-5-9-15(13)17(20)21/h1-9,11H,10H2. The monoisotopic (exact) mass is 284 g/mol. The SMILES string of the molecule is O=[N+]([O-])C(=Cc1ccccc1[N+](=O)[O-])Cc1ccccc1. The quantitative estimate of drug-likeness (QED) is 0.621. The minimum absolute atomic E-state index is 0.0875. The predicted molar refractivity (Wildman–Crippen MR) is 78.2 cm³/mol. The van der Waals surface area contributed by atoms with E-state index in [-0.39, 0.29) is 23.4 Å². The fourth-order valence-electron chi connectivity index (χ4n) is 1.93. The van der Waals surface area contributed by atoms with E-state index in [0.29, 0.717) is 0 Å². The zero-order chi connectivity index (χ0) is 15.2. The van der Waals surface area contributed by atoms with Gasteiger partial charge in [-0.05, 0) is 11.6 Å². The lowest BCUT2D eigenvalue weighted by Gasteiger charge is -2.01. The highest BCUT2D eigenvalue weighted by Gasteiger charge is 2.17. The number of para-hydroxylation sites is 1. The highest BCUT2D eigenvalue weighted by Crippen LogP contribution is 2.22. The molecule has 6 nitrogen and oxygen atoms in total. The van der Waals surface area contributed by atoms with Crippen molar-refractivity contribution in [2.75, 3.05) is 0 Å². The average Bonchev–Trinajstić information content (AvgIpc) is 2.48. The molecule has 2 aromatic rings. The maximum atomic E-state index is 11.2. The molecule has 0 saturated carbocycles. The number of nitrogens with zero attached hydrogens (tertiary/aromatic N) is 2. The molecule has 6 heteroatoms. The molecule has 0 unspecified atom stereocenters. The third-order valence-electron chi connectivity index (χ3n) is 2.92. The van der Waals surface area contributed by atoms with Crippen molar-refractivity contribution in [3.05, 3.63) is 91.6 Å². The van der Waals surface area contributed by atoms with Crippen molar-refractivity contribution >= 4 is 11.8 Å². The van der Waals surface area contributed by atoms with E-state index in [9.17, 15) is 20.2 Å². The van der Waals surface area contributed by atoms with Crippen LogP contribution < -0.4 is 0 Å². The Labute approximate surface area is 120 Å². The lowest BCUT2D eigenvalue weighted by molar-refractivity contribution is -0.425. The van der Waals surface area contributed by atoms with Crippen molar-refractivity contribution in [1.29, 1.82) is 0 Å². The molecule has 0 atom stereocenters. The van der Waals surface area contributed by atoms with E-state index in [1.807, 2.05) is 6.07 Å². The van der Waals surface area contributed by atoms with Crippen molar-refractivity contribution in [2.24, 2.45) is 0 Å². The van der Waals surface area contributed by atoms with Crippen molar-refractivity contribution < 1.29 is 9.85 Å². The van der Waals surface area contributed by atoms with Gasteiger partial charge in [0, 0.05) is 12.1 Å². The molecule has 0 aromatic heterocycles. The Kier molecular flexibility index (Phi) is 4.40. The smallest absolute Gasteiger partial charge is 0.259 e. The summed E-state index contributed by atoms with van der Waals surface area (Å²) in [5.74, 6) is 0. The minimum atomic E-state index is -0.550. The number of rotatable bonds is 5. The van der Waals surface area contributed by atoms with Gasteiger partial charge in [-0.3, -0.25) is 20.2 Å². The molecule has 0 fully saturated rings. The lowest BCUT2D eigenvalue weighted by Crippen LogP contribution is -2.03. The van der Waals surface area contributed by atoms with Gasteiger partial charge in [-0.25, -0.2) is 0 Å². The van der Waals surface area contributed by atoms with Gasteiger partial charge in [0.25, 0.3) is 11.4 Å². The molecule has 0 spiro atoms. The van der Waals surface area contributed by atoms with Crippen LogP contribution in [0.25, 0.3) is 6.08 Å². The second-order valence-electron chi connectivity index (χ2n) is 4.37. The van der Waals surface area contributed by atoms with Crippen LogP contribution in [0.2, 0.25) is 0 Å². The van der Waals surface area contributed by atoms with Gasteiger partial charge in [-0.15, -0.1) is 0 Å². The molecule has 0 radical (unpaired) electrons. The van der Waals surface area contributed by atoms with Crippen molar-refractivity contribution in [2.45, 2.75) is 6.42 Å². The Morgan fingerprint density at radius 1 is 0.952 bits per heavy atom. The summed E-state index contributed by atoms with van der Waals surface area (Å²) < 4.78 is 0. The molecule has 2 rings (SSSR count). The summed E-state index contributed by atoms with van der Waals surface area (Å²) in [5, 5.41) is 22.1. The largest absolute Gasteiger partial charge is 0.276 e. The van der Waals surface area contributed by atoms with E-state index in [1.54, 1.807) is 30.3 Å². The van der Waals surface area contributed by atoms with Gasteiger partial charge in [0.2, 0.25) is 0 Å². The first-order valence-corrected chi connectivity index (χ1v) is 6.20. The molecule has 21 heavy (non-hydrogen) atoms. The Bertz CT molecular complexity index is 696. The second kappa shape index (κ2) is 6.42. The zero-order valence-electron chi connectivity index (χ0n) is 11.0. The first-order chi connectivity index (χ1) is 10.1. The van der Waals surface area contributed by atoms with Gasteiger partial charge in [-0.2, -0.15) is 0 Å². The van der Waals surface area contributed by atoms with E-state index in [4.69, 9.17) is 0 Å². The predicted octanol–water partition coefficient (Wildman–Crippen LogP) is 3.46. The van der Waals surface area contributed by atoms with E-state index in [2.05, 4.69) is 0 Å². The average molecular weight is 284 g/mol. The van der Waals surface area contributed by atoms with Crippen LogP contribution in [0.15, 0.2) is 60.3 Å². The first kappa shape index (κ1) is 14.4. The number of nitro benzene ring substituents is 1. The van der Waals surface area contributed by atoms with Crippen LogP contribution >= 0.6 is 0 Å². The maximum absolute atomic E-state index is 11.2. The van der Waals surface area contributed by atoms with Crippen LogP contribution in [-0.2, 0) is 6.42 Å². The third-order valence-corrected chi connectivity index (χ3v) is 2.92.